The smallest absolute Gasteiger partial charge is 0.289 e. The first kappa shape index (κ1) is 26.2. The van der Waals surface area contributed by atoms with Gasteiger partial charge < -0.3 is 23.5 Å². The van der Waals surface area contributed by atoms with Gasteiger partial charge in [-0.05, 0) is 59.7 Å². The van der Waals surface area contributed by atoms with Gasteiger partial charge in [0.2, 0.25) is 0 Å². The van der Waals surface area contributed by atoms with E-state index in [0.29, 0.717) is 36.6 Å². The van der Waals surface area contributed by atoms with E-state index < -0.39 is 0 Å². The highest BCUT2D eigenvalue weighted by molar-refractivity contribution is 5.91. The lowest BCUT2D eigenvalue weighted by molar-refractivity contribution is 0.0763. The van der Waals surface area contributed by atoms with Crippen LogP contribution in [0, 0.1) is 0 Å². The van der Waals surface area contributed by atoms with Crippen LogP contribution in [0.25, 0.3) is 0 Å². The molecule has 3 aromatic rings. The molecule has 0 fully saturated rings. The van der Waals surface area contributed by atoms with Gasteiger partial charge >= 0.3 is 0 Å². The summed E-state index contributed by atoms with van der Waals surface area (Å²) < 4.78 is 22.2. The van der Waals surface area contributed by atoms with E-state index in [1.807, 2.05) is 30.3 Å². The van der Waals surface area contributed by atoms with Gasteiger partial charge in [-0.15, -0.1) is 0 Å². The van der Waals surface area contributed by atoms with E-state index in [2.05, 4.69) is 32.9 Å². The lowest BCUT2D eigenvalue weighted by Gasteiger charge is -2.24. The lowest BCUT2D eigenvalue weighted by Crippen LogP contribution is -2.28. The topological polar surface area (TPSA) is 61.1 Å². The molecule has 0 aliphatic heterocycles. The SMILES string of the molecule is CCC(C)(C)c1ccc(OC)c(Cc2ccc(C(=O)N(C)CCc3ccc(OC)c(OC)c3)o2)c1. The van der Waals surface area contributed by atoms with Crippen LogP contribution >= 0.6 is 0 Å². The first-order valence-electron chi connectivity index (χ1n) is 11.9. The van der Waals surface area contributed by atoms with Crippen molar-refractivity contribution < 1.29 is 23.4 Å². The average molecular weight is 480 g/mol. The van der Waals surface area contributed by atoms with E-state index in [1.165, 1.54) is 5.56 Å². The summed E-state index contributed by atoms with van der Waals surface area (Å²) in [5, 5.41) is 0. The summed E-state index contributed by atoms with van der Waals surface area (Å²) in [6, 6.07) is 15.7. The van der Waals surface area contributed by atoms with E-state index in [-0.39, 0.29) is 11.3 Å². The summed E-state index contributed by atoms with van der Waals surface area (Å²) in [5.74, 6) is 3.09. The van der Waals surface area contributed by atoms with Crippen molar-refractivity contribution >= 4 is 5.91 Å². The van der Waals surface area contributed by atoms with Gasteiger partial charge in [-0.1, -0.05) is 39.0 Å². The molecule has 3 rings (SSSR count). The van der Waals surface area contributed by atoms with Gasteiger partial charge in [0.25, 0.3) is 5.91 Å². The van der Waals surface area contributed by atoms with E-state index in [9.17, 15) is 4.79 Å². The molecule has 0 aliphatic rings. The first-order chi connectivity index (χ1) is 16.7. The van der Waals surface area contributed by atoms with Crippen LogP contribution < -0.4 is 14.2 Å². The molecule has 1 heterocycles. The number of rotatable bonds is 11. The highest BCUT2D eigenvalue weighted by atomic mass is 16.5. The Morgan fingerprint density at radius 1 is 0.914 bits per heavy atom. The van der Waals surface area contributed by atoms with Crippen molar-refractivity contribution in [3.05, 3.63) is 76.7 Å². The van der Waals surface area contributed by atoms with Crippen LogP contribution in [-0.4, -0.2) is 45.7 Å². The molecule has 0 radical (unpaired) electrons. The maximum absolute atomic E-state index is 13.0. The Bertz CT molecular complexity index is 1150. The minimum absolute atomic E-state index is 0.0714. The first-order valence-corrected chi connectivity index (χ1v) is 11.9. The summed E-state index contributed by atoms with van der Waals surface area (Å²) in [7, 11) is 6.68. The number of carbonyl (C=O) groups excluding carboxylic acids is 1. The second-order valence-corrected chi connectivity index (χ2v) is 9.37. The molecule has 0 saturated carbocycles. The van der Waals surface area contributed by atoms with E-state index in [0.717, 1.165) is 29.1 Å². The number of nitrogens with zero attached hydrogens (tertiary/aromatic N) is 1. The molecule has 0 aliphatic carbocycles. The fourth-order valence-corrected chi connectivity index (χ4v) is 3.94. The van der Waals surface area contributed by atoms with Crippen molar-refractivity contribution in [3.63, 3.8) is 0 Å². The summed E-state index contributed by atoms with van der Waals surface area (Å²) in [6.45, 7) is 7.21. The Balaban J connectivity index is 1.68. The number of furan rings is 1. The summed E-state index contributed by atoms with van der Waals surface area (Å²) in [6.07, 6.45) is 2.28. The molecule has 2 aromatic carbocycles. The molecule has 0 N–H and O–H groups in total. The molecular formula is C29H37NO5. The predicted molar refractivity (Wildman–Crippen MR) is 138 cm³/mol. The second-order valence-electron chi connectivity index (χ2n) is 9.37. The maximum Gasteiger partial charge on any atom is 0.289 e. The minimum Gasteiger partial charge on any atom is -0.496 e. The molecule has 1 aromatic heterocycles. The molecule has 1 amide bonds. The molecule has 0 saturated heterocycles. The molecule has 0 bridgehead atoms. The largest absolute Gasteiger partial charge is 0.496 e. The molecule has 0 atom stereocenters. The van der Waals surface area contributed by atoms with Gasteiger partial charge in [0.05, 0.1) is 21.3 Å². The van der Waals surface area contributed by atoms with Crippen molar-refractivity contribution in [3.8, 4) is 17.2 Å². The molecule has 6 nitrogen and oxygen atoms in total. The highest BCUT2D eigenvalue weighted by Crippen LogP contribution is 2.32. The fourth-order valence-electron chi connectivity index (χ4n) is 3.94. The Morgan fingerprint density at radius 2 is 1.60 bits per heavy atom. The maximum atomic E-state index is 13.0. The van der Waals surface area contributed by atoms with E-state index in [4.69, 9.17) is 18.6 Å². The van der Waals surface area contributed by atoms with Gasteiger partial charge in [-0.2, -0.15) is 0 Å². The monoisotopic (exact) mass is 479 g/mol. The third-order valence-corrected chi connectivity index (χ3v) is 6.71. The van der Waals surface area contributed by atoms with Crippen molar-refractivity contribution in [2.45, 2.75) is 45.4 Å². The third kappa shape index (κ3) is 6.18. The summed E-state index contributed by atoms with van der Waals surface area (Å²) in [5.41, 5.74) is 3.43. The predicted octanol–water partition coefficient (Wildman–Crippen LogP) is 5.90. The van der Waals surface area contributed by atoms with Crippen LogP contribution in [0.5, 0.6) is 17.2 Å². The molecule has 6 heteroatoms. The normalized spacial score (nSPS) is 11.3. The molecule has 188 valence electrons. The average Bonchev–Trinajstić information content (AvgIpc) is 3.34. The van der Waals surface area contributed by atoms with Gasteiger partial charge in [-0.25, -0.2) is 0 Å². The summed E-state index contributed by atoms with van der Waals surface area (Å²) in [4.78, 5) is 14.6. The number of hydrogen-bond acceptors (Lipinski definition) is 5. The van der Waals surface area contributed by atoms with Crippen LogP contribution in [0.1, 0.15) is 60.2 Å². The summed E-state index contributed by atoms with van der Waals surface area (Å²) >= 11 is 0. The van der Waals surface area contributed by atoms with Crippen LogP contribution in [0.3, 0.4) is 0 Å². The fraction of sp³-hybridized carbons (Fsp3) is 0.414. The number of benzene rings is 2. The Hall–Kier alpha value is -3.41. The molecule has 0 unspecified atom stereocenters. The van der Waals surface area contributed by atoms with Crippen LogP contribution in [-0.2, 0) is 18.3 Å². The number of ether oxygens (including phenoxy) is 3. The Labute approximate surface area is 208 Å². The number of hydrogen-bond donors (Lipinski definition) is 0. The molecular weight excluding hydrogens is 442 g/mol. The van der Waals surface area contributed by atoms with E-state index in [1.54, 1.807) is 39.3 Å². The van der Waals surface area contributed by atoms with Crippen molar-refractivity contribution in [2.24, 2.45) is 0 Å². The van der Waals surface area contributed by atoms with Gasteiger partial charge in [0.1, 0.15) is 11.5 Å². The van der Waals surface area contributed by atoms with Gasteiger partial charge in [-0.3, -0.25) is 4.79 Å². The quantitative estimate of drug-likeness (QED) is 0.343. The van der Waals surface area contributed by atoms with Gasteiger partial charge in [0, 0.05) is 25.6 Å². The number of amides is 1. The van der Waals surface area contributed by atoms with Crippen molar-refractivity contribution in [1.29, 1.82) is 0 Å². The number of likely N-dealkylation sites (N-methyl/N-ethyl adjacent to an activating group) is 1. The van der Waals surface area contributed by atoms with Crippen molar-refractivity contribution in [1.82, 2.24) is 4.90 Å². The highest BCUT2D eigenvalue weighted by Gasteiger charge is 2.21. The van der Waals surface area contributed by atoms with Crippen LogP contribution in [0.4, 0.5) is 0 Å². The molecule has 35 heavy (non-hydrogen) atoms. The van der Waals surface area contributed by atoms with Gasteiger partial charge in [0.15, 0.2) is 17.3 Å². The number of methoxy groups -OCH3 is 3. The second kappa shape index (κ2) is 11.3. The zero-order chi connectivity index (χ0) is 25.6. The Kier molecular flexibility index (Phi) is 8.49. The zero-order valence-electron chi connectivity index (χ0n) is 21.9. The van der Waals surface area contributed by atoms with Crippen LogP contribution in [0.2, 0.25) is 0 Å². The minimum atomic E-state index is -0.149. The van der Waals surface area contributed by atoms with Crippen LogP contribution in [0.15, 0.2) is 52.9 Å². The third-order valence-electron chi connectivity index (χ3n) is 6.71. The van der Waals surface area contributed by atoms with Crippen molar-refractivity contribution in [2.75, 3.05) is 34.9 Å². The Morgan fingerprint density at radius 3 is 2.26 bits per heavy atom. The zero-order valence-corrected chi connectivity index (χ0v) is 21.9. The van der Waals surface area contributed by atoms with E-state index >= 15 is 0 Å². The standard InChI is InChI=1S/C29H37NO5/c1-8-29(2,3)22-10-13-24(32-5)21(18-22)19-23-11-14-26(35-23)28(31)30(4)16-15-20-9-12-25(33-6)27(17-20)34-7/h9-14,17-18H,8,15-16,19H2,1-7H3. The molecule has 0 spiro atoms. The number of carbonyl (C=O) groups is 1. The lowest BCUT2D eigenvalue weighted by atomic mass is 9.81.